The molecule has 1 heterocycles. The summed E-state index contributed by atoms with van der Waals surface area (Å²) in [5, 5.41) is 3.19. The number of fused-ring (bicyclic) bond motifs is 1. The summed E-state index contributed by atoms with van der Waals surface area (Å²) >= 11 is 0. The minimum absolute atomic E-state index is 0.225. The van der Waals surface area contributed by atoms with Crippen molar-refractivity contribution in [1.29, 1.82) is 0 Å². The van der Waals surface area contributed by atoms with Crippen LogP contribution in [0.2, 0.25) is 0 Å². The van der Waals surface area contributed by atoms with Gasteiger partial charge in [0.1, 0.15) is 5.58 Å². The van der Waals surface area contributed by atoms with Crippen molar-refractivity contribution in [2.75, 3.05) is 11.9 Å². The number of rotatable bonds is 5. The lowest BCUT2D eigenvalue weighted by atomic mass is 9.98. The third-order valence-electron chi connectivity index (χ3n) is 4.61. The van der Waals surface area contributed by atoms with Crippen LogP contribution in [0.1, 0.15) is 47.0 Å². The van der Waals surface area contributed by atoms with Crippen molar-refractivity contribution in [2.45, 2.75) is 33.6 Å². The number of carbonyl (C=O) groups is 2. The van der Waals surface area contributed by atoms with Gasteiger partial charge in [-0.25, -0.2) is 4.79 Å². The van der Waals surface area contributed by atoms with Gasteiger partial charge in [0.15, 0.2) is 12.0 Å². The van der Waals surface area contributed by atoms with Crippen LogP contribution in [-0.2, 0) is 9.53 Å². The second-order valence-electron chi connectivity index (χ2n) is 7.29. The lowest BCUT2D eigenvalue weighted by Crippen LogP contribution is -2.22. The summed E-state index contributed by atoms with van der Waals surface area (Å²) in [7, 11) is 0. The van der Waals surface area contributed by atoms with E-state index in [9.17, 15) is 14.4 Å². The largest absolute Gasteiger partial charge is 0.450 e. The Kier molecular flexibility index (Phi) is 5.82. The van der Waals surface area contributed by atoms with E-state index in [2.05, 4.69) is 5.32 Å². The fourth-order valence-corrected chi connectivity index (χ4v) is 3.09. The Labute approximate surface area is 168 Å². The second kappa shape index (κ2) is 8.31. The number of amides is 1. The van der Waals surface area contributed by atoms with Crippen LogP contribution < -0.4 is 10.7 Å². The number of ether oxygens (including phenoxy) is 1. The van der Waals surface area contributed by atoms with Gasteiger partial charge < -0.3 is 14.5 Å². The number of carbonyl (C=O) groups excluding carboxylic acids is 2. The van der Waals surface area contributed by atoms with Gasteiger partial charge in [-0.3, -0.25) is 9.59 Å². The SMILES string of the molecule is Cc1ccc2oc(C(=O)OCC(=O)Nc3c(C)cccc3C(C)C)cc(=O)c2c1. The first-order valence-electron chi connectivity index (χ1n) is 9.37. The summed E-state index contributed by atoms with van der Waals surface area (Å²) in [4.78, 5) is 36.8. The monoisotopic (exact) mass is 393 g/mol. The minimum Gasteiger partial charge on any atom is -0.450 e. The molecule has 1 amide bonds. The summed E-state index contributed by atoms with van der Waals surface area (Å²) in [6.07, 6.45) is 0. The van der Waals surface area contributed by atoms with Crippen LogP contribution in [0.5, 0.6) is 0 Å². The molecular formula is C23H23NO5. The van der Waals surface area contributed by atoms with E-state index in [1.165, 1.54) is 0 Å². The number of hydrogen-bond acceptors (Lipinski definition) is 5. The average Bonchev–Trinajstić information content (AvgIpc) is 2.67. The van der Waals surface area contributed by atoms with Crippen molar-refractivity contribution in [3.63, 3.8) is 0 Å². The molecule has 0 aliphatic rings. The molecule has 6 heteroatoms. The molecule has 0 unspecified atom stereocenters. The van der Waals surface area contributed by atoms with Crippen molar-refractivity contribution < 1.29 is 18.7 Å². The smallest absolute Gasteiger partial charge is 0.374 e. The molecule has 0 atom stereocenters. The van der Waals surface area contributed by atoms with Gasteiger partial charge in [0.05, 0.1) is 5.39 Å². The van der Waals surface area contributed by atoms with Gasteiger partial charge in [-0.15, -0.1) is 0 Å². The number of para-hydroxylation sites is 1. The van der Waals surface area contributed by atoms with Gasteiger partial charge in [0.25, 0.3) is 5.91 Å². The van der Waals surface area contributed by atoms with Crippen LogP contribution in [0.15, 0.2) is 51.7 Å². The van der Waals surface area contributed by atoms with E-state index in [1.807, 2.05) is 45.9 Å². The van der Waals surface area contributed by atoms with Crippen LogP contribution in [-0.4, -0.2) is 18.5 Å². The number of nitrogens with one attached hydrogen (secondary N) is 1. The predicted octanol–water partition coefficient (Wildman–Crippen LogP) is 4.33. The highest BCUT2D eigenvalue weighted by molar-refractivity contribution is 5.96. The lowest BCUT2D eigenvalue weighted by Gasteiger charge is -2.16. The molecule has 2 aromatic carbocycles. The van der Waals surface area contributed by atoms with E-state index < -0.39 is 18.5 Å². The van der Waals surface area contributed by atoms with E-state index >= 15 is 0 Å². The summed E-state index contributed by atoms with van der Waals surface area (Å²) in [6.45, 7) is 7.35. The molecular weight excluding hydrogens is 370 g/mol. The van der Waals surface area contributed by atoms with Crippen molar-refractivity contribution in [1.82, 2.24) is 0 Å². The molecule has 0 aliphatic carbocycles. The molecule has 0 bridgehead atoms. The summed E-state index contributed by atoms with van der Waals surface area (Å²) in [5.74, 6) is -1.34. The van der Waals surface area contributed by atoms with Gasteiger partial charge in [0.2, 0.25) is 5.76 Å². The number of benzene rings is 2. The molecule has 150 valence electrons. The summed E-state index contributed by atoms with van der Waals surface area (Å²) in [5.41, 5.74) is 3.51. The van der Waals surface area contributed by atoms with E-state index in [1.54, 1.807) is 18.2 Å². The zero-order valence-electron chi connectivity index (χ0n) is 16.9. The molecule has 0 saturated heterocycles. The highest BCUT2D eigenvalue weighted by Gasteiger charge is 2.17. The molecule has 0 spiro atoms. The van der Waals surface area contributed by atoms with Crippen LogP contribution in [0.25, 0.3) is 11.0 Å². The van der Waals surface area contributed by atoms with Gasteiger partial charge >= 0.3 is 5.97 Å². The topological polar surface area (TPSA) is 85.6 Å². The van der Waals surface area contributed by atoms with Gasteiger partial charge in [-0.1, -0.05) is 43.7 Å². The van der Waals surface area contributed by atoms with Crippen molar-refractivity contribution >= 4 is 28.5 Å². The van der Waals surface area contributed by atoms with Crippen molar-refractivity contribution in [2.24, 2.45) is 0 Å². The molecule has 3 aromatic rings. The van der Waals surface area contributed by atoms with Crippen LogP contribution >= 0.6 is 0 Å². The molecule has 29 heavy (non-hydrogen) atoms. The van der Waals surface area contributed by atoms with E-state index in [-0.39, 0.29) is 17.1 Å². The predicted molar refractivity (Wildman–Crippen MR) is 111 cm³/mol. The van der Waals surface area contributed by atoms with Gasteiger partial charge in [-0.05, 0) is 43.0 Å². The molecule has 0 fully saturated rings. The highest BCUT2D eigenvalue weighted by atomic mass is 16.5. The number of aryl methyl sites for hydroxylation is 2. The molecule has 0 saturated carbocycles. The zero-order chi connectivity index (χ0) is 21.1. The first kappa shape index (κ1) is 20.3. The Morgan fingerprint density at radius 3 is 2.59 bits per heavy atom. The van der Waals surface area contributed by atoms with E-state index in [4.69, 9.17) is 9.15 Å². The Hall–Kier alpha value is -3.41. The van der Waals surface area contributed by atoms with Crippen molar-refractivity contribution in [3.05, 3.63) is 75.1 Å². The molecule has 6 nitrogen and oxygen atoms in total. The number of hydrogen-bond donors (Lipinski definition) is 1. The third-order valence-corrected chi connectivity index (χ3v) is 4.61. The fraction of sp³-hybridized carbons (Fsp3) is 0.261. The maximum Gasteiger partial charge on any atom is 0.374 e. The summed E-state index contributed by atoms with van der Waals surface area (Å²) in [6, 6.07) is 12.0. The molecule has 3 rings (SSSR count). The normalized spacial score (nSPS) is 10.9. The maximum atomic E-state index is 12.3. The Balaban J connectivity index is 1.72. The maximum absolute atomic E-state index is 12.3. The van der Waals surface area contributed by atoms with Crippen molar-refractivity contribution in [3.8, 4) is 0 Å². The Morgan fingerprint density at radius 1 is 1.10 bits per heavy atom. The molecule has 0 aliphatic heterocycles. The highest BCUT2D eigenvalue weighted by Crippen LogP contribution is 2.27. The number of esters is 1. The Morgan fingerprint density at radius 2 is 1.86 bits per heavy atom. The molecule has 0 radical (unpaired) electrons. The average molecular weight is 393 g/mol. The van der Waals surface area contributed by atoms with Gasteiger partial charge in [0, 0.05) is 11.8 Å². The third kappa shape index (κ3) is 4.54. The van der Waals surface area contributed by atoms with Crippen LogP contribution in [0.3, 0.4) is 0 Å². The number of anilines is 1. The molecule has 1 N–H and O–H groups in total. The second-order valence-corrected chi connectivity index (χ2v) is 7.29. The Bertz CT molecular complexity index is 1140. The van der Waals surface area contributed by atoms with E-state index in [0.29, 0.717) is 11.0 Å². The minimum atomic E-state index is -0.867. The van der Waals surface area contributed by atoms with Crippen LogP contribution in [0.4, 0.5) is 5.69 Å². The first-order valence-corrected chi connectivity index (χ1v) is 9.37. The summed E-state index contributed by atoms with van der Waals surface area (Å²) < 4.78 is 10.5. The zero-order valence-corrected chi connectivity index (χ0v) is 16.9. The fourth-order valence-electron chi connectivity index (χ4n) is 3.09. The first-order chi connectivity index (χ1) is 13.8. The lowest BCUT2D eigenvalue weighted by molar-refractivity contribution is -0.119. The van der Waals surface area contributed by atoms with Crippen LogP contribution in [0, 0.1) is 13.8 Å². The molecule has 1 aromatic heterocycles. The van der Waals surface area contributed by atoms with Gasteiger partial charge in [-0.2, -0.15) is 0 Å². The standard InChI is InChI=1S/C23H23NO5/c1-13(2)16-7-5-6-15(4)22(16)24-21(26)12-28-23(27)20-11-18(25)17-10-14(3)8-9-19(17)29-20/h5-11,13H,12H2,1-4H3,(H,24,26). The van der Waals surface area contributed by atoms with E-state index in [0.717, 1.165) is 28.4 Å². The quantitative estimate of drug-likeness (QED) is 0.652.